The number of ketones is 1. The van der Waals surface area contributed by atoms with Gasteiger partial charge in [-0.05, 0) is 25.5 Å². The molecule has 0 spiro atoms. The molecule has 0 unspecified atom stereocenters. The zero-order valence-corrected chi connectivity index (χ0v) is 10.6. The summed E-state index contributed by atoms with van der Waals surface area (Å²) in [6.07, 6.45) is 1.16. The lowest BCUT2D eigenvalue weighted by Crippen LogP contribution is -2.02. The third-order valence-electron chi connectivity index (χ3n) is 2.49. The van der Waals surface area contributed by atoms with Crippen molar-refractivity contribution in [1.82, 2.24) is 0 Å². The summed E-state index contributed by atoms with van der Waals surface area (Å²) in [6.45, 7) is 5.70. The topological polar surface area (TPSA) is 35.5 Å². The molecular weight excluding hydrogens is 216 g/mol. The molecule has 0 radical (unpaired) electrons. The average molecular weight is 234 g/mol. The summed E-state index contributed by atoms with van der Waals surface area (Å²) >= 11 is 0. The number of methoxy groups -OCH3 is 2. The van der Waals surface area contributed by atoms with E-state index in [0.717, 1.165) is 5.57 Å². The minimum atomic E-state index is 0.0625. The highest BCUT2D eigenvalue weighted by molar-refractivity contribution is 5.99. The van der Waals surface area contributed by atoms with Crippen molar-refractivity contribution in [1.29, 1.82) is 0 Å². The second-order valence-electron chi connectivity index (χ2n) is 3.95. The second-order valence-corrected chi connectivity index (χ2v) is 3.95. The van der Waals surface area contributed by atoms with Gasteiger partial charge >= 0.3 is 0 Å². The fraction of sp³-hybridized carbons (Fsp3) is 0.357. The Balaban J connectivity index is 2.89. The first-order valence-corrected chi connectivity index (χ1v) is 5.48. The summed E-state index contributed by atoms with van der Waals surface area (Å²) in [5.74, 6) is 1.29. The Hall–Kier alpha value is -1.77. The van der Waals surface area contributed by atoms with E-state index in [1.807, 2.05) is 6.92 Å². The van der Waals surface area contributed by atoms with Crippen LogP contribution in [0.15, 0.2) is 30.4 Å². The van der Waals surface area contributed by atoms with Crippen LogP contribution in [0.2, 0.25) is 0 Å². The molecule has 0 amide bonds. The Morgan fingerprint density at radius 1 is 1.24 bits per heavy atom. The standard InChI is InChI=1S/C14H18O3/c1-10(2)5-8-13(15)12-7-6-11(16-3)9-14(12)17-4/h6-7,9H,1,5,8H2,2-4H3. The van der Waals surface area contributed by atoms with E-state index in [2.05, 4.69) is 6.58 Å². The highest BCUT2D eigenvalue weighted by atomic mass is 16.5. The zero-order chi connectivity index (χ0) is 12.8. The van der Waals surface area contributed by atoms with Crippen LogP contribution in [0.4, 0.5) is 0 Å². The van der Waals surface area contributed by atoms with E-state index in [0.29, 0.717) is 29.9 Å². The first-order valence-electron chi connectivity index (χ1n) is 5.48. The molecule has 0 fully saturated rings. The summed E-state index contributed by atoms with van der Waals surface area (Å²) < 4.78 is 10.3. The summed E-state index contributed by atoms with van der Waals surface area (Å²) in [4.78, 5) is 12.0. The minimum Gasteiger partial charge on any atom is -0.497 e. The van der Waals surface area contributed by atoms with Gasteiger partial charge in [0.2, 0.25) is 0 Å². The number of ether oxygens (including phenoxy) is 2. The van der Waals surface area contributed by atoms with Crippen LogP contribution < -0.4 is 9.47 Å². The van der Waals surface area contributed by atoms with E-state index in [1.165, 1.54) is 0 Å². The number of carbonyl (C=O) groups excluding carboxylic acids is 1. The predicted molar refractivity (Wildman–Crippen MR) is 67.9 cm³/mol. The molecule has 92 valence electrons. The normalized spacial score (nSPS) is 9.82. The van der Waals surface area contributed by atoms with Gasteiger partial charge in [0.15, 0.2) is 5.78 Å². The number of hydrogen-bond acceptors (Lipinski definition) is 3. The van der Waals surface area contributed by atoms with E-state index in [-0.39, 0.29) is 5.78 Å². The molecule has 17 heavy (non-hydrogen) atoms. The Labute approximate surface area is 102 Å². The van der Waals surface area contributed by atoms with Crippen molar-refractivity contribution in [2.24, 2.45) is 0 Å². The van der Waals surface area contributed by atoms with Gasteiger partial charge in [0.05, 0.1) is 19.8 Å². The third kappa shape index (κ3) is 3.63. The molecule has 0 aromatic heterocycles. The van der Waals surface area contributed by atoms with E-state index in [9.17, 15) is 4.79 Å². The van der Waals surface area contributed by atoms with Crippen LogP contribution in [0.3, 0.4) is 0 Å². The van der Waals surface area contributed by atoms with Gasteiger partial charge in [0.25, 0.3) is 0 Å². The predicted octanol–water partition coefficient (Wildman–Crippen LogP) is 3.24. The van der Waals surface area contributed by atoms with Crippen molar-refractivity contribution in [2.45, 2.75) is 19.8 Å². The van der Waals surface area contributed by atoms with Crippen LogP contribution in [0.25, 0.3) is 0 Å². The van der Waals surface area contributed by atoms with Crippen LogP contribution in [0.1, 0.15) is 30.1 Å². The first-order chi connectivity index (χ1) is 8.08. The molecule has 0 saturated heterocycles. The lowest BCUT2D eigenvalue weighted by molar-refractivity contribution is 0.0980. The Morgan fingerprint density at radius 2 is 1.94 bits per heavy atom. The quantitative estimate of drug-likeness (QED) is 0.560. The maximum atomic E-state index is 12.0. The van der Waals surface area contributed by atoms with E-state index < -0.39 is 0 Å². The molecule has 3 nitrogen and oxygen atoms in total. The SMILES string of the molecule is C=C(C)CCC(=O)c1ccc(OC)cc1OC. The van der Waals surface area contributed by atoms with Crippen molar-refractivity contribution in [3.63, 3.8) is 0 Å². The number of Topliss-reactive ketones (excluding diaryl/α,β-unsaturated/α-hetero) is 1. The van der Waals surface area contributed by atoms with Gasteiger partial charge in [-0.25, -0.2) is 0 Å². The van der Waals surface area contributed by atoms with Gasteiger partial charge in [-0.2, -0.15) is 0 Å². The molecule has 0 aliphatic carbocycles. The van der Waals surface area contributed by atoms with Crippen molar-refractivity contribution in [3.8, 4) is 11.5 Å². The number of rotatable bonds is 6. The lowest BCUT2D eigenvalue weighted by Gasteiger charge is -2.09. The lowest BCUT2D eigenvalue weighted by atomic mass is 10.0. The number of hydrogen-bond donors (Lipinski definition) is 0. The smallest absolute Gasteiger partial charge is 0.166 e. The van der Waals surface area contributed by atoms with Crippen molar-refractivity contribution in [3.05, 3.63) is 35.9 Å². The molecule has 0 saturated carbocycles. The highest BCUT2D eigenvalue weighted by Crippen LogP contribution is 2.26. The van der Waals surface area contributed by atoms with Crippen LogP contribution in [0, 0.1) is 0 Å². The maximum Gasteiger partial charge on any atom is 0.166 e. The van der Waals surface area contributed by atoms with E-state index in [1.54, 1.807) is 32.4 Å². The van der Waals surface area contributed by atoms with Crippen molar-refractivity contribution >= 4 is 5.78 Å². The van der Waals surface area contributed by atoms with Gasteiger partial charge in [-0.15, -0.1) is 6.58 Å². The van der Waals surface area contributed by atoms with E-state index in [4.69, 9.17) is 9.47 Å². The molecule has 0 aliphatic rings. The number of carbonyl (C=O) groups is 1. The Kier molecular flexibility index (Phi) is 4.76. The number of benzene rings is 1. The van der Waals surface area contributed by atoms with Crippen molar-refractivity contribution in [2.75, 3.05) is 14.2 Å². The number of allylic oxidation sites excluding steroid dienone is 1. The Bertz CT molecular complexity index is 421. The highest BCUT2D eigenvalue weighted by Gasteiger charge is 2.12. The fourth-order valence-corrected chi connectivity index (χ4v) is 1.49. The summed E-state index contributed by atoms with van der Waals surface area (Å²) in [6, 6.07) is 5.21. The van der Waals surface area contributed by atoms with Gasteiger partial charge in [0.1, 0.15) is 11.5 Å². The third-order valence-corrected chi connectivity index (χ3v) is 2.49. The summed E-state index contributed by atoms with van der Waals surface area (Å²) in [5.41, 5.74) is 1.60. The van der Waals surface area contributed by atoms with Crippen LogP contribution in [-0.4, -0.2) is 20.0 Å². The molecule has 0 N–H and O–H groups in total. The first kappa shape index (κ1) is 13.3. The molecule has 0 bridgehead atoms. The zero-order valence-electron chi connectivity index (χ0n) is 10.6. The maximum absolute atomic E-state index is 12.0. The molecule has 1 aromatic carbocycles. The second kappa shape index (κ2) is 6.09. The molecular formula is C14H18O3. The van der Waals surface area contributed by atoms with Crippen molar-refractivity contribution < 1.29 is 14.3 Å². The van der Waals surface area contributed by atoms with E-state index >= 15 is 0 Å². The fourth-order valence-electron chi connectivity index (χ4n) is 1.49. The van der Waals surface area contributed by atoms with Gasteiger partial charge in [-0.3, -0.25) is 4.79 Å². The van der Waals surface area contributed by atoms with Gasteiger partial charge < -0.3 is 9.47 Å². The summed E-state index contributed by atoms with van der Waals surface area (Å²) in [7, 11) is 3.13. The molecule has 1 rings (SSSR count). The average Bonchev–Trinajstić information content (AvgIpc) is 2.34. The molecule has 0 heterocycles. The van der Waals surface area contributed by atoms with Crippen LogP contribution in [0.5, 0.6) is 11.5 Å². The summed E-state index contributed by atoms with van der Waals surface area (Å²) in [5, 5.41) is 0. The monoisotopic (exact) mass is 234 g/mol. The molecule has 0 aliphatic heterocycles. The van der Waals surface area contributed by atoms with Gasteiger partial charge in [0, 0.05) is 12.5 Å². The van der Waals surface area contributed by atoms with Crippen LogP contribution >= 0.6 is 0 Å². The molecule has 3 heteroatoms. The Morgan fingerprint density at radius 3 is 2.47 bits per heavy atom. The molecule has 0 atom stereocenters. The minimum absolute atomic E-state index is 0.0625. The van der Waals surface area contributed by atoms with Gasteiger partial charge in [-0.1, -0.05) is 5.57 Å². The van der Waals surface area contributed by atoms with Crippen LogP contribution in [-0.2, 0) is 0 Å². The molecule has 1 aromatic rings. The largest absolute Gasteiger partial charge is 0.497 e.